The molecule has 8 heteroatoms. The van der Waals surface area contributed by atoms with Gasteiger partial charge in [0, 0.05) is 30.0 Å². The Morgan fingerprint density at radius 1 is 1.00 bits per heavy atom. The number of ether oxygens (including phenoxy) is 1. The lowest BCUT2D eigenvalue weighted by molar-refractivity contribution is -0.136. The number of benzene rings is 1. The zero-order valence-corrected chi connectivity index (χ0v) is 23.1. The van der Waals surface area contributed by atoms with Gasteiger partial charge in [0.15, 0.2) is 0 Å². The number of rotatable bonds is 9. The molecule has 1 N–H and O–H groups in total. The van der Waals surface area contributed by atoms with E-state index in [1.54, 1.807) is 16.7 Å². The van der Waals surface area contributed by atoms with Gasteiger partial charge in [-0.3, -0.25) is 19.7 Å². The van der Waals surface area contributed by atoms with E-state index in [4.69, 9.17) is 9.15 Å². The molecule has 5 fully saturated rings. The Balaban J connectivity index is 0.917. The molecule has 1 saturated heterocycles. The van der Waals surface area contributed by atoms with Crippen molar-refractivity contribution in [2.45, 2.75) is 87.6 Å². The molecule has 2 aromatic rings. The van der Waals surface area contributed by atoms with Crippen LogP contribution < -0.4 is 5.32 Å². The highest BCUT2D eigenvalue weighted by atomic mass is 32.2. The minimum atomic E-state index is -0.601. The molecule has 39 heavy (non-hydrogen) atoms. The van der Waals surface area contributed by atoms with E-state index >= 15 is 0 Å². The zero-order valence-electron chi connectivity index (χ0n) is 22.3. The fourth-order valence-electron chi connectivity index (χ4n) is 8.48. The quantitative estimate of drug-likeness (QED) is 0.255. The minimum Gasteiger partial charge on any atom is -0.463 e. The monoisotopic (exact) mass is 548 g/mol. The Bertz CT molecular complexity index is 1270. The number of piperidine rings is 1. The van der Waals surface area contributed by atoms with Gasteiger partial charge in [-0.2, -0.15) is 0 Å². The van der Waals surface area contributed by atoms with Gasteiger partial charge in [-0.25, -0.2) is 0 Å². The molecular formula is C31H36N2O5S. The largest absolute Gasteiger partial charge is 0.463 e. The number of fused-ring (bicyclic) bond motifs is 1. The van der Waals surface area contributed by atoms with Crippen molar-refractivity contribution in [3.05, 3.63) is 53.0 Å². The molecule has 1 unspecified atom stereocenters. The molecule has 0 radical (unpaired) electrons. The van der Waals surface area contributed by atoms with Crippen molar-refractivity contribution >= 4 is 29.5 Å². The summed E-state index contributed by atoms with van der Waals surface area (Å²) in [4.78, 5) is 39.6. The number of nitrogens with zero attached hydrogens (tertiary/aromatic N) is 1. The van der Waals surface area contributed by atoms with Crippen molar-refractivity contribution in [2.75, 3.05) is 6.61 Å². The molecule has 2 aliphatic heterocycles. The molecule has 8 rings (SSSR count). The van der Waals surface area contributed by atoms with Crippen molar-refractivity contribution in [2.24, 2.45) is 23.2 Å². The first-order valence-corrected chi connectivity index (χ1v) is 15.5. The highest BCUT2D eigenvalue weighted by Gasteiger charge is 2.50. The van der Waals surface area contributed by atoms with Crippen LogP contribution in [-0.2, 0) is 33.2 Å². The standard InChI is InChI=1S/C31H36N2O5S/c34-28-7-6-26(29(35)32-28)33-16-25-24(30(33)36)2-1-3-27(25)39-18-23-5-4-22(38-23)17-37-9-8-31-13-19-10-20(14-31)12-21(11-19)15-31/h1-5,19-21,26H,6-18H2,(H,32,34,35). The van der Waals surface area contributed by atoms with Gasteiger partial charge in [-0.05, 0) is 104 Å². The molecular weight excluding hydrogens is 512 g/mol. The maximum atomic E-state index is 13.1. The van der Waals surface area contributed by atoms with E-state index in [-0.39, 0.29) is 24.1 Å². The number of amides is 3. The summed E-state index contributed by atoms with van der Waals surface area (Å²) < 4.78 is 12.2. The second kappa shape index (κ2) is 10.1. The van der Waals surface area contributed by atoms with Crippen LogP contribution in [0.3, 0.4) is 0 Å². The number of hydrogen-bond acceptors (Lipinski definition) is 6. The lowest BCUT2D eigenvalue weighted by Crippen LogP contribution is -2.52. The van der Waals surface area contributed by atoms with E-state index in [1.165, 1.54) is 44.9 Å². The molecule has 4 aliphatic carbocycles. The molecule has 0 spiro atoms. The van der Waals surface area contributed by atoms with Crippen molar-refractivity contribution in [1.82, 2.24) is 10.2 Å². The number of furan rings is 1. The second-order valence-corrected chi connectivity index (χ2v) is 13.6. The van der Waals surface area contributed by atoms with Crippen LogP contribution in [0.4, 0.5) is 0 Å². The first-order valence-electron chi connectivity index (χ1n) is 14.5. The lowest BCUT2D eigenvalue weighted by atomic mass is 9.49. The van der Waals surface area contributed by atoms with Gasteiger partial charge in [-0.15, -0.1) is 11.8 Å². The smallest absolute Gasteiger partial charge is 0.255 e. The summed E-state index contributed by atoms with van der Waals surface area (Å²) >= 11 is 1.64. The summed E-state index contributed by atoms with van der Waals surface area (Å²) in [6.45, 7) is 1.70. The Hall–Kier alpha value is -2.58. The summed E-state index contributed by atoms with van der Waals surface area (Å²) in [5, 5.41) is 2.36. The van der Waals surface area contributed by atoms with E-state index in [0.717, 1.165) is 46.3 Å². The predicted molar refractivity (Wildman–Crippen MR) is 146 cm³/mol. The van der Waals surface area contributed by atoms with Crippen LogP contribution in [0.25, 0.3) is 0 Å². The van der Waals surface area contributed by atoms with Crippen LogP contribution in [-0.4, -0.2) is 35.3 Å². The SMILES string of the molecule is O=C1CCC(N2Cc3c(SCc4ccc(COCCC56CC7CC(CC(C7)C5)C6)o4)cccc3C2=O)C(=O)N1. The Kier molecular flexibility index (Phi) is 6.58. The average Bonchev–Trinajstić information content (AvgIpc) is 3.49. The number of hydrogen-bond donors (Lipinski definition) is 1. The fourth-order valence-corrected chi connectivity index (χ4v) is 9.45. The van der Waals surface area contributed by atoms with Crippen molar-refractivity contribution in [1.29, 1.82) is 0 Å². The average molecular weight is 549 g/mol. The minimum absolute atomic E-state index is 0.145. The number of imide groups is 1. The van der Waals surface area contributed by atoms with Crippen molar-refractivity contribution < 1.29 is 23.5 Å². The normalized spacial score (nSPS) is 31.2. The highest BCUT2D eigenvalue weighted by molar-refractivity contribution is 7.98. The number of thioether (sulfide) groups is 1. The number of carbonyl (C=O) groups is 3. The van der Waals surface area contributed by atoms with Gasteiger partial charge in [0.2, 0.25) is 11.8 Å². The third-order valence-corrected chi connectivity index (χ3v) is 10.9. The molecule has 4 saturated carbocycles. The maximum Gasteiger partial charge on any atom is 0.255 e. The van der Waals surface area contributed by atoms with Crippen molar-refractivity contribution in [3.8, 4) is 0 Å². The number of carbonyl (C=O) groups excluding carboxylic acids is 3. The van der Waals surface area contributed by atoms with Gasteiger partial charge in [0.1, 0.15) is 24.2 Å². The third kappa shape index (κ3) is 4.95. The van der Waals surface area contributed by atoms with Crippen molar-refractivity contribution in [3.63, 3.8) is 0 Å². The fraction of sp³-hybridized carbons (Fsp3) is 0.581. The Morgan fingerprint density at radius 2 is 1.74 bits per heavy atom. The van der Waals surface area contributed by atoms with E-state index in [1.807, 2.05) is 30.3 Å². The molecule has 3 heterocycles. The van der Waals surface area contributed by atoms with Gasteiger partial charge < -0.3 is 14.1 Å². The topological polar surface area (TPSA) is 88.9 Å². The first-order chi connectivity index (χ1) is 18.9. The van der Waals surface area contributed by atoms with E-state index in [9.17, 15) is 14.4 Å². The molecule has 1 aromatic heterocycles. The summed E-state index contributed by atoms with van der Waals surface area (Å²) in [6.07, 6.45) is 10.5. The highest BCUT2D eigenvalue weighted by Crippen LogP contribution is 2.61. The summed E-state index contributed by atoms with van der Waals surface area (Å²) in [7, 11) is 0. The van der Waals surface area contributed by atoms with Crippen LogP contribution in [0.2, 0.25) is 0 Å². The predicted octanol–water partition coefficient (Wildman–Crippen LogP) is 5.46. The van der Waals surface area contributed by atoms with Gasteiger partial charge in [0.05, 0.1) is 5.75 Å². The first kappa shape index (κ1) is 25.4. The van der Waals surface area contributed by atoms with E-state index in [2.05, 4.69) is 5.32 Å². The maximum absolute atomic E-state index is 13.1. The lowest BCUT2D eigenvalue weighted by Gasteiger charge is -2.57. The molecule has 7 nitrogen and oxygen atoms in total. The molecule has 1 atom stereocenters. The Morgan fingerprint density at radius 3 is 2.49 bits per heavy atom. The van der Waals surface area contributed by atoms with Gasteiger partial charge in [0.25, 0.3) is 5.91 Å². The number of nitrogens with one attached hydrogen (secondary N) is 1. The second-order valence-electron chi connectivity index (χ2n) is 12.6. The van der Waals surface area contributed by atoms with Crippen LogP contribution in [0.1, 0.15) is 85.2 Å². The molecule has 4 bridgehead atoms. The zero-order chi connectivity index (χ0) is 26.6. The summed E-state index contributed by atoms with van der Waals surface area (Å²) in [5.74, 6) is 4.51. The molecule has 206 valence electrons. The van der Waals surface area contributed by atoms with E-state index in [0.29, 0.717) is 36.3 Å². The Labute approximate surface area is 233 Å². The van der Waals surface area contributed by atoms with Crippen LogP contribution in [0, 0.1) is 23.2 Å². The van der Waals surface area contributed by atoms with Crippen LogP contribution in [0.15, 0.2) is 39.6 Å². The molecule has 1 aromatic carbocycles. The molecule has 3 amide bonds. The van der Waals surface area contributed by atoms with Crippen LogP contribution >= 0.6 is 11.8 Å². The molecule has 6 aliphatic rings. The van der Waals surface area contributed by atoms with E-state index < -0.39 is 6.04 Å². The van der Waals surface area contributed by atoms with Gasteiger partial charge in [-0.1, -0.05) is 6.07 Å². The summed E-state index contributed by atoms with van der Waals surface area (Å²) in [6, 6.07) is 9.13. The van der Waals surface area contributed by atoms with Crippen LogP contribution in [0.5, 0.6) is 0 Å². The summed E-state index contributed by atoms with van der Waals surface area (Å²) in [5.41, 5.74) is 2.12. The third-order valence-electron chi connectivity index (χ3n) is 9.81. The van der Waals surface area contributed by atoms with Gasteiger partial charge >= 0.3 is 0 Å².